The number of carbonyl (C=O) groups is 1. The van der Waals surface area contributed by atoms with E-state index in [0.717, 1.165) is 12.0 Å². The van der Waals surface area contributed by atoms with Gasteiger partial charge in [0.05, 0.1) is 17.3 Å². The predicted molar refractivity (Wildman–Crippen MR) is 55.9 cm³/mol. The van der Waals surface area contributed by atoms with Crippen molar-refractivity contribution in [1.29, 1.82) is 5.26 Å². The van der Waals surface area contributed by atoms with Gasteiger partial charge >= 0.3 is 0 Å². The first-order valence-corrected chi connectivity index (χ1v) is 4.48. The summed E-state index contributed by atoms with van der Waals surface area (Å²) in [6.45, 7) is 0. The van der Waals surface area contributed by atoms with Gasteiger partial charge < -0.3 is 4.57 Å². The molecule has 0 spiro atoms. The van der Waals surface area contributed by atoms with Gasteiger partial charge in [-0.2, -0.15) is 5.26 Å². The van der Waals surface area contributed by atoms with Crippen LogP contribution in [0.25, 0.3) is 5.69 Å². The number of hydrogen-bond donors (Lipinski definition) is 0. The van der Waals surface area contributed by atoms with Crippen LogP contribution in [0.2, 0.25) is 0 Å². The maximum atomic E-state index is 10.7. The van der Waals surface area contributed by atoms with Gasteiger partial charge in [-0.3, -0.25) is 4.79 Å². The second-order valence-corrected chi connectivity index (χ2v) is 3.08. The van der Waals surface area contributed by atoms with Crippen molar-refractivity contribution in [1.82, 2.24) is 4.57 Å². The van der Waals surface area contributed by atoms with Gasteiger partial charge in [0.15, 0.2) is 6.29 Å². The van der Waals surface area contributed by atoms with E-state index in [-0.39, 0.29) is 0 Å². The summed E-state index contributed by atoms with van der Waals surface area (Å²) in [5.41, 5.74) is 2.08. The fourth-order valence-corrected chi connectivity index (χ4v) is 1.42. The molecule has 0 bridgehead atoms. The van der Waals surface area contributed by atoms with Crippen molar-refractivity contribution < 1.29 is 4.79 Å². The number of aromatic nitrogens is 1. The summed E-state index contributed by atoms with van der Waals surface area (Å²) in [7, 11) is 0. The predicted octanol–water partition coefficient (Wildman–Crippen LogP) is 2.16. The average molecular weight is 196 g/mol. The number of rotatable bonds is 2. The number of nitrogens with zero attached hydrogens (tertiary/aromatic N) is 2. The molecule has 0 aliphatic rings. The van der Waals surface area contributed by atoms with Crippen LogP contribution in [0.1, 0.15) is 16.1 Å². The van der Waals surface area contributed by atoms with E-state index in [1.165, 1.54) is 0 Å². The molecule has 72 valence electrons. The van der Waals surface area contributed by atoms with Crippen molar-refractivity contribution in [2.75, 3.05) is 0 Å². The van der Waals surface area contributed by atoms with Gasteiger partial charge in [-0.1, -0.05) is 0 Å². The molecule has 3 nitrogen and oxygen atoms in total. The Kier molecular flexibility index (Phi) is 2.34. The molecular weight excluding hydrogens is 188 g/mol. The summed E-state index contributed by atoms with van der Waals surface area (Å²) in [5.74, 6) is 0. The van der Waals surface area contributed by atoms with Gasteiger partial charge in [-0.25, -0.2) is 0 Å². The molecular formula is C12H8N2O. The summed E-state index contributed by atoms with van der Waals surface area (Å²) in [4.78, 5) is 10.7. The van der Waals surface area contributed by atoms with E-state index in [2.05, 4.69) is 0 Å². The average Bonchev–Trinajstić information content (AvgIpc) is 2.77. The lowest BCUT2D eigenvalue weighted by Gasteiger charge is -2.04. The zero-order valence-corrected chi connectivity index (χ0v) is 7.92. The number of carbonyl (C=O) groups excluding carboxylic acids is 1. The van der Waals surface area contributed by atoms with E-state index in [1.807, 2.05) is 30.5 Å². The van der Waals surface area contributed by atoms with E-state index in [9.17, 15) is 4.79 Å². The van der Waals surface area contributed by atoms with Crippen molar-refractivity contribution >= 4 is 6.29 Å². The van der Waals surface area contributed by atoms with Gasteiger partial charge in [0.1, 0.15) is 0 Å². The SMILES string of the molecule is N#Cc1ccc(-n2cccc2C=O)cc1. The third kappa shape index (κ3) is 1.65. The molecule has 0 aliphatic carbocycles. The van der Waals surface area contributed by atoms with Gasteiger partial charge in [0.25, 0.3) is 0 Å². The number of aldehydes is 1. The minimum absolute atomic E-state index is 0.597. The van der Waals surface area contributed by atoms with Crippen molar-refractivity contribution in [3.8, 4) is 11.8 Å². The Hall–Kier alpha value is -2.34. The fourth-order valence-electron chi connectivity index (χ4n) is 1.42. The number of benzene rings is 1. The molecule has 0 saturated carbocycles. The lowest BCUT2D eigenvalue weighted by molar-refractivity contribution is 0.111. The quantitative estimate of drug-likeness (QED) is 0.691. The molecule has 0 atom stereocenters. The Morgan fingerprint density at radius 3 is 2.53 bits per heavy atom. The lowest BCUT2D eigenvalue weighted by atomic mass is 10.2. The van der Waals surface area contributed by atoms with Crippen LogP contribution < -0.4 is 0 Å². The maximum absolute atomic E-state index is 10.7. The molecule has 1 aromatic heterocycles. The highest BCUT2D eigenvalue weighted by Gasteiger charge is 2.01. The van der Waals surface area contributed by atoms with E-state index >= 15 is 0 Å². The Morgan fingerprint density at radius 2 is 1.93 bits per heavy atom. The van der Waals surface area contributed by atoms with Crippen LogP contribution in [-0.4, -0.2) is 10.9 Å². The molecule has 15 heavy (non-hydrogen) atoms. The van der Waals surface area contributed by atoms with Crippen LogP contribution >= 0.6 is 0 Å². The normalized spacial score (nSPS) is 9.53. The van der Waals surface area contributed by atoms with Gasteiger partial charge in [-0.15, -0.1) is 0 Å². The molecule has 3 heteroatoms. The summed E-state index contributed by atoms with van der Waals surface area (Å²) in [6.07, 6.45) is 2.61. The molecule has 1 heterocycles. The molecule has 2 aromatic rings. The monoisotopic (exact) mass is 196 g/mol. The van der Waals surface area contributed by atoms with Crippen molar-refractivity contribution in [3.05, 3.63) is 53.9 Å². The molecule has 2 rings (SSSR count). The second kappa shape index (κ2) is 3.81. The minimum atomic E-state index is 0.597. The van der Waals surface area contributed by atoms with E-state index < -0.39 is 0 Å². The van der Waals surface area contributed by atoms with Crippen molar-refractivity contribution in [3.63, 3.8) is 0 Å². The van der Waals surface area contributed by atoms with Crippen LogP contribution in [0.3, 0.4) is 0 Å². The molecule has 0 unspecified atom stereocenters. The Morgan fingerprint density at radius 1 is 1.20 bits per heavy atom. The lowest BCUT2D eigenvalue weighted by Crippen LogP contribution is -1.96. The maximum Gasteiger partial charge on any atom is 0.166 e. The summed E-state index contributed by atoms with van der Waals surface area (Å²) >= 11 is 0. The zero-order chi connectivity index (χ0) is 10.7. The van der Waals surface area contributed by atoms with Crippen molar-refractivity contribution in [2.24, 2.45) is 0 Å². The summed E-state index contributed by atoms with van der Waals surface area (Å²) in [5, 5.41) is 8.65. The largest absolute Gasteiger partial charge is 0.314 e. The number of nitriles is 1. The molecule has 1 aromatic carbocycles. The van der Waals surface area contributed by atoms with Crippen LogP contribution in [0.15, 0.2) is 42.6 Å². The van der Waals surface area contributed by atoms with Crippen LogP contribution in [0.5, 0.6) is 0 Å². The van der Waals surface area contributed by atoms with Crippen LogP contribution in [-0.2, 0) is 0 Å². The zero-order valence-electron chi connectivity index (χ0n) is 7.92. The molecule has 0 radical (unpaired) electrons. The Balaban J connectivity index is 2.46. The second-order valence-electron chi connectivity index (χ2n) is 3.08. The van der Waals surface area contributed by atoms with Gasteiger partial charge in [-0.05, 0) is 36.4 Å². The van der Waals surface area contributed by atoms with Crippen LogP contribution in [0, 0.1) is 11.3 Å². The highest BCUT2D eigenvalue weighted by atomic mass is 16.1. The minimum Gasteiger partial charge on any atom is -0.314 e. The fraction of sp³-hybridized carbons (Fsp3) is 0. The number of hydrogen-bond acceptors (Lipinski definition) is 2. The highest BCUT2D eigenvalue weighted by Crippen LogP contribution is 2.12. The Bertz CT molecular complexity index is 517. The molecule has 0 aliphatic heterocycles. The standard InChI is InChI=1S/C12H8N2O/c13-8-10-3-5-11(6-4-10)14-7-1-2-12(14)9-15/h1-7,9H. The van der Waals surface area contributed by atoms with E-state index in [4.69, 9.17) is 5.26 Å². The van der Waals surface area contributed by atoms with E-state index in [1.54, 1.807) is 22.8 Å². The molecule has 0 fully saturated rings. The summed E-state index contributed by atoms with van der Waals surface area (Å²) in [6, 6.07) is 12.7. The van der Waals surface area contributed by atoms with Gasteiger partial charge in [0, 0.05) is 11.9 Å². The first kappa shape index (κ1) is 9.22. The van der Waals surface area contributed by atoms with E-state index in [0.29, 0.717) is 11.3 Å². The smallest absolute Gasteiger partial charge is 0.166 e. The van der Waals surface area contributed by atoms with Gasteiger partial charge in [0.2, 0.25) is 0 Å². The molecule has 0 amide bonds. The summed E-state index contributed by atoms with van der Waals surface area (Å²) < 4.78 is 1.77. The highest BCUT2D eigenvalue weighted by molar-refractivity contribution is 5.73. The van der Waals surface area contributed by atoms with Crippen LogP contribution in [0.4, 0.5) is 0 Å². The first-order chi connectivity index (χ1) is 7.35. The molecule has 0 saturated heterocycles. The Labute approximate surface area is 87.2 Å². The third-order valence-electron chi connectivity index (χ3n) is 2.18. The van der Waals surface area contributed by atoms with Crippen molar-refractivity contribution in [2.45, 2.75) is 0 Å². The topological polar surface area (TPSA) is 45.8 Å². The third-order valence-corrected chi connectivity index (χ3v) is 2.18. The first-order valence-electron chi connectivity index (χ1n) is 4.48. The molecule has 0 N–H and O–H groups in total.